The molecule has 1 aliphatic carbocycles. The number of carbonyl (C=O) groups is 4. The molecule has 3 heterocycles. The van der Waals surface area contributed by atoms with E-state index < -0.39 is 102 Å². The average Bonchev–Trinajstić information content (AvgIpc) is 3.68. The number of aromatic nitrogens is 4. The first-order valence-electron chi connectivity index (χ1n) is 17.1. The Bertz CT molecular complexity index is 1970. The van der Waals surface area contributed by atoms with Crippen LogP contribution in [0.2, 0.25) is 0 Å². The van der Waals surface area contributed by atoms with E-state index in [0.717, 1.165) is 29.0 Å². The number of carbonyl (C=O) groups excluding carboxylic acids is 4. The molecule has 4 unspecified atom stereocenters. The van der Waals surface area contributed by atoms with Crippen molar-refractivity contribution in [2.75, 3.05) is 37.8 Å². The monoisotopic (exact) mass is 903 g/mol. The summed E-state index contributed by atoms with van der Waals surface area (Å²) in [5.74, 6) is -3.01. The molecule has 7 N–H and O–H groups in total. The van der Waals surface area contributed by atoms with Gasteiger partial charge in [-0.1, -0.05) is 25.6 Å². The van der Waals surface area contributed by atoms with Gasteiger partial charge >= 0.3 is 0 Å². The minimum atomic E-state index is -5.94. The number of aliphatic hydroxyl groups is 3. The highest BCUT2D eigenvalue weighted by atomic mass is 32.2. The molecule has 2 amide bonds. The first-order valence-corrected chi connectivity index (χ1v) is 22.5. The normalized spacial score (nSPS) is 25.5. The number of hydrogen-bond acceptors (Lipinski definition) is 24. The molecule has 326 valence electrons. The summed E-state index contributed by atoms with van der Waals surface area (Å²) >= 11 is 0.792. The van der Waals surface area contributed by atoms with Gasteiger partial charge < -0.3 is 74.1 Å². The summed E-state index contributed by atoms with van der Waals surface area (Å²) in [7, 11) is -17.7. The molecule has 58 heavy (non-hydrogen) atoms. The fourth-order valence-electron chi connectivity index (χ4n) is 5.66. The Morgan fingerprint density at radius 2 is 1.78 bits per heavy atom. The van der Waals surface area contributed by atoms with Crippen molar-refractivity contribution in [2.45, 2.75) is 76.3 Å². The van der Waals surface area contributed by atoms with Gasteiger partial charge in [0, 0.05) is 37.1 Å². The minimum absolute atomic E-state index is 0.0289. The molecule has 0 radical (unpaired) electrons. The summed E-state index contributed by atoms with van der Waals surface area (Å²) < 4.78 is 60.4. The van der Waals surface area contributed by atoms with Crippen molar-refractivity contribution in [3.63, 3.8) is 0 Å². The van der Waals surface area contributed by atoms with Crippen molar-refractivity contribution >= 4 is 74.9 Å². The summed E-state index contributed by atoms with van der Waals surface area (Å²) in [6.07, 6.45) is -7.77. The quantitative estimate of drug-likeness (QED) is 0.0417. The number of hydrogen-bond donors (Lipinski definition) is 6. The zero-order chi connectivity index (χ0) is 43.2. The Balaban J connectivity index is 1.22. The van der Waals surface area contributed by atoms with Crippen LogP contribution in [0, 0.1) is 11.3 Å². The molecular formula is C28H40N7O19P3S-4. The lowest BCUT2D eigenvalue weighted by atomic mass is 9.86. The van der Waals surface area contributed by atoms with Crippen LogP contribution < -0.4 is 35.9 Å². The molecule has 0 aromatic carbocycles. The lowest BCUT2D eigenvalue weighted by Gasteiger charge is -2.36. The molecule has 9 atom stereocenters. The molecule has 1 saturated heterocycles. The zero-order valence-electron chi connectivity index (χ0n) is 30.5. The number of nitrogens with two attached hydrogens (primary N) is 1. The number of nitrogen functional groups attached to an aromatic ring is 1. The number of ether oxygens (including phenoxy) is 1. The van der Waals surface area contributed by atoms with Gasteiger partial charge in [0.2, 0.25) is 16.9 Å². The number of fused-ring (bicyclic) bond motifs is 1. The Kier molecular flexibility index (Phi) is 16.3. The number of Topliss-reactive ketones (excluding diaryl/α,β-unsaturated/α-hetero) is 1. The van der Waals surface area contributed by atoms with Gasteiger partial charge in [0.1, 0.15) is 48.0 Å². The van der Waals surface area contributed by atoms with E-state index >= 15 is 0 Å². The lowest BCUT2D eigenvalue weighted by Crippen LogP contribution is -2.46. The number of nitrogens with zero attached hydrogens (tertiary/aromatic N) is 4. The molecule has 2 aromatic heterocycles. The molecule has 1 aliphatic heterocycles. The number of amides is 2. The summed E-state index contributed by atoms with van der Waals surface area (Å²) in [5, 5.41) is 35.5. The highest BCUT2D eigenvalue weighted by Gasteiger charge is 2.47. The summed E-state index contributed by atoms with van der Waals surface area (Å²) in [6, 6.07) is 0. The van der Waals surface area contributed by atoms with Crippen LogP contribution in [-0.2, 0) is 55.5 Å². The van der Waals surface area contributed by atoms with E-state index in [0.29, 0.717) is 12.8 Å². The Morgan fingerprint density at radius 3 is 2.45 bits per heavy atom. The van der Waals surface area contributed by atoms with Crippen LogP contribution in [0.15, 0.2) is 12.7 Å². The number of thioether (sulfide) groups is 1. The average molecular weight is 904 g/mol. The Labute approximate surface area is 333 Å². The standard InChI is InChI=1S/C28H44N7O19P3S/c1-28(2,22(40)25(41)31-7-6-17(38)30-8-9-58-27(42)18-14(36)4-3-5-15(18)37)11-51-57(48,49)54-56(46,47)50-10-16-21(53-55(43,44)45)20(39)26(52-16)35-13-34-19-23(29)32-12-33-24(19)35/h12-14,16,18,20-22,26,36,39-40H,3-11H2,1-2H3,(H,30,38)(H,31,41)(H,46,47)(H,48,49)(H2,29,32,33)(H2,43,44,45)/p-4/t14?,16-,18?,20-,21-,22+,26-/m1/s1. The second kappa shape index (κ2) is 19.7. The Morgan fingerprint density at radius 1 is 1.09 bits per heavy atom. The van der Waals surface area contributed by atoms with Crippen LogP contribution >= 0.6 is 35.2 Å². The first-order chi connectivity index (χ1) is 26.9. The molecule has 30 heteroatoms. The maximum Gasteiger partial charge on any atom is 0.274 e. The molecule has 2 aromatic rings. The third-order valence-corrected chi connectivity index (χ3v) is 12.6. The number of imidazole rings is 1. The topological polar surface area (TPSA) is 412 Å². The molecule has 2 aliphatic rings. The number of anilines is 1. The van der Waals surface area contributed by atoms with E-state index in [9.17, 15) is 67.8 Å². The molecule has 26 nitrogen and oxygen atoms in total. The van der Waals surface area contributed by atoms with Crippen LogP contribution in [0.4, 0.5) is 5.82 Å². The third kappa shape index (κ3) is 13.1. The second-order valence-electron chi connectivity index (χ2n) is 13.6. The number of ketones is 1. The smallest absolute Gasteiger partial charge is 0.274 e. The largest absolute Gasteiger partial charge is 0.790 e. The van der Waals surface area contributed by atoms with E-state index in [1.54, 1.807) is 0 Å². The molecule has 2 fully saturated rings. The SMILES string of the molecule is CC(C)(COP(=O)([O-])OP(=O)([O-])OC[C@H]1O[C@@H](n2cnc3c(N)ncnc32)[C@H](O)[C@@H]1OP(=O)([O-])[O-])[C@@H](O)C(=O)NCCC(=O)NCCSC(=O)C1C(=O)CCCC1O. The number of rotatable bonds is 20. The zero-order valence-corrected chi connectivity index (χ0v) is 34.0. The van der Waals surface area contributed by atoms with Crippen molar-refractivity contribution in [3.8, 4) is 0 Å². The summed E-state index contributed by atoms with van der Waals surface area (Å²) in [6.45, 7) is -0.231. The van der Waals surface area contributed by atoms with E-state index in [4.69, 9.17) is 10.5 Å². The van der Waals surface area contributed by atoms with E-state index in [1.807, 2.05) is 0 Å². The van der Waals surface area contributed by atoms with Gasteiger partial charge in [-0.3, -0.25) is 32.9 Å². The predicted octanol–water partition coefficient (Wildman–Crippen LogP) is -4.13. The van der Waals surface area contributed by atoms with Crippen LogP contribution in [0.1, 0.15) is 45.8 Å². The van der Waals surface area contributed by atoms with Crippen molar-refractivity contribution < 1.29 is 90.4 Å². The van der Waals surface area contributed by atoms with Gasteiger partial charge in [-0.2, -0.15) is 0 Å². The van der Waals surface area contributed by atoms with Gasteiger partial charge in [-0.15, -0.1) is 0 Å². The fourth-order valence-corrected chi connectivity index (χ4v) is 9.27. The molecule has 0 spiro atoms. The van der Waals surface area contributed by atoms with E-state index in [1.165, 1.54) is 13.8 Å². The van der Waals surface area contributed by atoms with Crippen LogP contribution in [0.5, 0.6) is 0 Å². The molecule has 0 bridgehead atoms. The lowest BCUT2D eigenvalue weighted by molar-refractivity contribution is -0.347. The molecule has 4 rings (SSSR count). The summed E-state index contributed by atoms with van der Waals surface area (Å²) in [4.78, 5) is 108. The van der Waals surface area contributed by atoms with Gasteiger partial charge in [-0.25, -0.2) is 19.3 Å². The first kappa shape index (κ1) is 47.9. The minimum Gasteiger partial charge on any atom is -0.790 e. The molecule has 1 saturated carbocycles. The van der Waals surface area contributed by atoms with Gasteiger partial charge in [0.25, 0.3) is 15.6 Å². The van der Waals surface area contributed by atoms with Crippen LogP contribution in [0.3, 0.4) is 0 Å². The number of phosphoric acid groups is 3. The predicted molar refractivity (Wildman–Crippen MR) is 187 cm³/mol. The van der Waals surface area contributed by atoms with Crippen molar-refractivity contribution in [3.05, 3.63) is 12.7 Å². The maximum absolute atomic E-state index is 12.5. The maximum atomic E-state index is 12.5. The van der Waals surface area contributed by atoms with Crippen molar-refractivity contribution in [1.29, 1.82) is 0 Å². The van der Waals surface area contributed by atoms with E-state index in [2.05, 4.69) is 43.5 Å². The van der Waals surface area contributed by atoms with Gasteiger partial charge in [0.05, 0.1) is 33.5 Å². The number of nitrogens with one attached hydrogen (secondary N) is 2. The van der Waals surface area contributed by atoms with Crippen LogP contribution in [0.25, 0.3) is 11.2 Å². The molecular weight excluding hydrogens is 863 g/mol. The third-order valence-electron chi connectivity index (χ3n) is 8.63. The highest BCUT2D eigenvalue weighted by Crippen LogP contribution is 2.56. The van der Waals surface area contributed by atoms with Crippen molar-refractivity contribution in [2.24, 2.45) is 11.3 Å². The number of aliphatic hydroxyl groups excluding tert-OH is 3. The fraction of sp³-hybridized carbons (Fsp3) is 0.679. The van der Waals surface area contributed by atoms with Crippen LogP contribution in [-0.4, -0.2) is 120 Å². The number of phosphoric ester groups is 3. The second-order valence-corrected chi connectivity index (χ2v) is 18.7. The van der Waals surface area contributed by atoms with Gasteiger partial charge in [-0.05, 0) is 12.8 Å². The Hall–Kier alpha value is -2.81. The highest BCUT2D eigenvalue weighted by molar-refractivity contribution is 8.13. The van der Waals surface area contributed by atoms with Crippen molar-refractivity contribution in [1.82, 2.24) is 30.2 Å². The summed E-state index contributed by atoms with van der Waals surface area (Å²) in [5.41, 5.74) is 4.01. The van der Waals surface area contributed by atoms with Gasteiger partial charge in [0.15, 0.2) is 17.7 Å². The van der Waals surface area contributed by atoms with E-state index in [-0.39, 0.29) is 54.4 Å².